The van der Waals surface area contributed by atoms with Gasteiger partial charge in [0.15, 0.2) is 5.82 Å². The summed E-state index contributed by atoms with van der Waals surface area (Å²) >= 11 is 6.67. The molecule has 0 amide bonds. The van der Waals surface area contributed by atoms with E-state index in [2.05, 4.69) is 15.9 Å². The second kappa shape index (κ2) is 10.5. The third kappa shape index (κ3) is 4.64. The zero-order valence-corrected chi connectivity index (χ0v) is 25.5. The summed E-state index contributed by atoms with van der Waals surface area (Å²) in [6.45, 7) is 6.24. The molecule has 2 bridgehead atoms. The van der Waals surface area contributed by atoms with Crippen molar-refractivity contribution in [1.82, 2.24) is 19.9 Å². The highest BCUT2D eigenvalue weighted by molar-refractivity contribution is 6.36. The van der Waals surface area contributed by atoms with E-state index in [9.17, 15) is 0 Å². The minimum absolute atomic E-state index is 0.0947. The first-order valence-electron chi connectivity index (χ1n) is 15.6. The zero-order valence-electron chi connectivity index (χ0n) is 24.8. The van der Waals surface area contributed by atoms with Crippen LogP contribution in [0.3, 0.4) is 0 Å². The highest BCUT2D eigenvalue weighted by atomic mass is 35.5. The van der Waals surface area contributed by atoms with Crippen molar-refractivity contribution in [2.75, 3.05) is 44.8 Å². The Morgan fingerprint density at radius 3 is 2.77 bits per heavy atom. The Morgan fingerprint density at radius 1 is 1.12 bits per heavy atom. The van der Waals surface area contributed by atoms with Gasteiger partial charge in [-0.1, -0.05) is 29.8 Å². The van der Waals surface area contributed by atoms with Crippen LogP contribution in [0.1, 0.15) is 44.1 Å². The quantitative estimate of drug-likeness (QED) is 0.240. The lowest BCUT2D eigenvalue weighted by Crippen LogP contribution is -2.43. The number of benzene rings is 2. The molecular weight excluding hydrogens is 565 g/mol. The van der Waals surface area contributed by atoms with Crippen molar-refractivity contribution in [3.8, 4) is 17.3 Å². The number of fused-ring (bicyclic) bond motifs is 5. The van der Waals surface area contributed by atoms with Crippen LogP contribution >= 0.6 is 11.6 Å². The summed E-state index contributed by atoms with van der Waals surface area (Å²) in [6.07, 6.45) is 8.79. The van der Waals surface area contributed by atoms with Gasteiger partial charge in [-0.3, -0.25) is 9.88 Å². The van der Waals surface area contributed by atoms with Crippen LogP contribution in [0, 0.1) is 24.6 Å². The molecule has 4 fully saturated rings. The molecule has 3 saturated heterocycles. The molecule has 4 atom stereocenters. The van der Waals surface area contributed by atoms with Crippen molar-refractivity contribution in [2.45, 2.75) is 57.1 Å². The zero-order chi connectivity index (χ0) is 29.3. The average molecular weight is 602 g/mol. The van der Waals surface area contributed by atoms with Crippen molar-refractivity contribution in [3.63, 3.8) is 0 Å². The van der Waals surface area contributed by atoms with Crippen LogP contribution in [0.5, 0.6) is 6.01 Å². The number of piperidine rings is 1. The molecule has 1 saturated carbocycles. The molecular formula is C34H37ClFN5O2. The lowest BCUT2D eigenvalue weighted by Gasteiger charge is -2.34. The summed E-state index contributed by atoms with van der Waals surface area (Å²) in [5.74, 6) is 1.53. The second-order valence-corrected chi connectivity index (χ2v) is 13.6. The van der Waals surface area contributed by atoms with Crippen molar-refractivity contribution in [2.24, 2.45) is 11.8 Å². The Balaban J connectivity index is 1.24. The molecule has 2 aromatic carbocycles. The number of aromatic nitrogens is 3. The summed E-state index contributed by atoms with van der Waals surface area (Å²) < 4.78 is 29.0. The summed E-state index contributed by atoms with van der Waals surface area (Å²) in [5, 5.41) is 2.93. The Bertz CT molecular complexity index is 1720. The minimum Gasteiger partial charge on any atom is -0.461 e. The number of aryl methyl sites for hydroxylation is 1. The molecule has 5 heterocycles. The molecule has 1 aliphatic carbocycles. The molecule has 224 valence electrons. The van der Waals surface area contributed by atoms with Gasteiger partial charge in [-0.25, -0.2) is 4.39 Å². The number of rotatable bonds is 6. The van der Waals surface area contributed by atoms with Gasteiger partial charge in [0.2, 0.25) is 0 Å². The van der Waals surface area contributed by atoms with E-state index in [-0.39, 0.29) is 28.9 Å². The number of methoxy groups -OCH3 is 1. The van der Waals surface area contributed by atoms with E-state index >= 15 is 4.39 Å². The highest BCUT2D eigenvalue weighted by Gasteiger charge is 2.49. The van der Waals surface area contributed by atoms with Crippen molar-refractivity contribution in [3.05, 3.63) is 52.9 Å². The lowest BCUT2D eigenvalue weighted by atomic mass is 9.94. The number of anilines is 1. The molecule has 0 spiro atoms. The number of pyridine rings is 1. The fourth-order valence-corrected chi connectivity index (χ4v) is 8.72. The maximum Gasteiger partial charge on any atom is 0.319 e. The molecule has 9 heteroatoms. The molecule has 3 aliphatic heterocycles. The standard InChI is InChI=1S/C34H37ClFN5O2/c1-20-11-23-5-3-6-27(35)28(23)25(12-20)30-29(36)31-26(15-37-30)32(40-16-21-7-8-22(13-21)17-40)39-33(38-31)43-19-34-9-4-10-41(34)18-24(14-34)42-2/h3,5-6,11-12,15,21-22,24H,4,7-10,13-14,16-19H2,1-2H3/t21?,22?,24-,34+/m1/s1. The Hall–Kier alpha value is -3.07. The molecule has 4 aliphatic rings. The van der Waals surface area contributed by atoms with Crippen LogP contribution in [0.2, 0.25) is 5.02 Å². The molecule has 0 N–H and O–H groups in total. The van der Waals surface area contributed by atoms with E-state index in [4.69, 9.17) is 36.0 Å². The first-order chi connectivity index (χ1) is 20.9. The Kier molecular flexibility index (Phi) is 6.73. The van der Waals surface area contributed by atoms with Crippen LogP contribution in [-0.2, 0) is 4.74 Å². The van der Waals surface area contributed by atoms with Gasteiger partial charge in [-0.15, -0.1) is 0 Å². The predicted octanol–water partition coefficient (Wildman–Crippen LogP) is 6.81. The Morgan fingerprint density at radius 2 is 1.95 bits per heavy atom. The normalized spacial score (nSPS) is 27.0. The average Bonchev–Trinajstić information content (AvgIpc) is 3.67. The van der Waals surface area contributed by atoms with E-state index in [1.165, 1.54) is 19.3 Å². The third-order valence-electron chi connectivity index (χ3n) is 10.5. The largest absolute Gasteiger partial charge is 0.461 e. The number of hydrogen-bond donors (Lipinski definition) is 0. The number of hydrogen-bond acceptors (Lipinski definition) is 7. The topological polar surface area (TPSA) is 63.6 Å². The maximum atomic E-state index is 16.8. The van der Waals surface area contributed by atoms with E-state index < -0.39 is 5.82 Å². The lowest BCUT2D eigenvalue weighted by molar-refractivity contribution is 0.0997. The van der Waals surface area contributed by atoms with Crippen LogP contribution in [-0.4, -0.2) is 71.4 Å². The van der Waals surface area contributed by atoms with Crippen LogP contribution in [0.15, 0.2) is 36.5 Å². The van der Waals surface area contributed by atoms with E-state index in [1.807, 2.05) is 31.2 Å². The summed E-state index contributed by atoms with van der Waals surface area (Å²) in [6, 6.07) is 9.98. The fraction of sp³-hybridized carbons (Fsp3) is 0.500. The summed E-state index contributed by atoms with van der Waals surface area (Å²) in [4.78, 5) is 19.2. The van der Waals surface area contributed by atoms with Gasteiger partial charge in [0.25, 0.3) is 0 Å². The molecule has 2 unspecified atom stereocenters. The van der Waals surface area contributed by atoms with Crippen LogP contribution < -0.4 is 9.64 Å². The molecule has 43 heavy (non-hydrogen) atoms. The van der Waals surface area contributed by atoms with Gasteiger partial charge in [-0.2, -0.15) is 9.97 Å². The summed E-state index contributed by atoms with van der Waals surface area (Å²) in [5.41, 5.74) is 2.06. The smallest absolute Gasteiger partial charge is 0.319 e. The highest BCUT2D eigenvalue weighted by Crippen LogP contribution is 2.43. The first-order valence-corrected chi connectivity index (χ1v) is 16.0. The van der Waals surface area contributed by atoms with E-state index in [0.29, 0.717) is 34.4 Å². The van der Waals surface area contributed by atoms with Gasteiger partial charge in [0, 0.05) is 48.9 Å². The molecule has 7 nitrogen and oxygen atoms in total. The first kappa shape index (κ1) is 27.5. The summed E-state index contributed by atoms with van der Waals surface area (Å²) in [7, 11) is 1.78. The van der Waals surface area contributed by atoms with Gasteiger partial charge < -0.3 is 14.4 Å². The van der Waals surface area contributed by atoms with Gasteiger partial charge in [-0.05, 0) is 86.9 Å². The predicted molar refractivity (Wildman–Crippen MR) is 167 cm³/mol. The molecule has 4 aromatic rings. The van der Waals surface area contributed by atoms with Gasteiger partial charge >= 0.3 is 6.01 Å². The maximum absolute atomic E-state index is 16.8. The number of nitrogens with zero attached hydrogens (tertiary/aromatic N) is 5. The van der Waals surface area contributed by atoms with Crippen molar-refractivity contribution >= 4 is 39.1 Å². The van der Waals surface area contributed by atoms with Crippen LogP contribution in [0.4, 0.5) is 10.2 Å². The third-order valence-corrected chi connectivity index (χ3v) is 10.8. The SMILES string of the molecule is CO[C@H]1CN2CCC[C@@]2(COc2nc(N3CC4CCC(C4)C3)c3cnc(-c4cc(C)cc5cccc(Cl)c45)c(F)c3n2)C1. The van der Waals surface area contributed by atoms with Gasteiger partial charge in [0.1, 0.15) is 23.6 Å². The molecule has 0 radical (unpaired) electrons. The van der Waals surface area contributed by atoms with E-state index in [0.717, 1.165) is 67.6 Å². The van der Waals surface area contributed by atoms with Gasteiger partial charge in [0.05, 0.1) is 17.0 Å². The minimum atomic E-state index is -0.473. The molecule has 2 aromatic heterocycles. The number of halogens is 2. The Labute approximate surface area is 256 Å². The monoisotopic (exact) mass is 601 g/mol. The van der Waals surface area contributed by atoms with Crippen molar-refractivity contribution in [1.29, 1.82) is 0 Å². The molecule has 8 rings (SSSR count). The second-order valence-electron chi connectivity index (χ2n) is 13.2. The van der Waals surface area contributed by atoms with Crippen molar-refractivity contribution < 1.29 is 13.9 Å². The fourth-order valence-electron chi connectivity index (χ4n) is 8.44. The van der Waals surface area contributed by atoms with Crippen LogP contribution in [0.25, 0.3) is 32.9 Å². The van der Waals surface area contributed by atoms with E-state index in [1.54, 1.807) is 13.3 Å². The number of ether oxygens (including phenoxy) is 2.